The van der Waals surface area contributed by atoms with Gasteiger partial charge in [-0.1, -0.05) is 19.4 Å². The fourth-order valence-corrected chi connectivity index (χ4v) is 3.09. The number of aromatic nitrogens is 3. The van der Waals surface area contributed by atoms with Crippen molar-refractivity contribution in [3.8, 4) is 28.3 Å². The van der Waals surface area contributed by atoms with E-state index in [2.05, 4.69) is 11.9 Å². The molecule has 0 aliphatic rings. The molecule has 0 amide bonds. The van der Waals surface area contributed by atoms with Gasteiger partial charge in [-0.15, -0.1) is 12.4 Å². The highest BCUT2D eigenvalue weighted by atomic mass is 35.5. The molecule has 28 heavy (non-hydrogen) atoms. The smallest absolute Gasteiger partial charge is 0.214 e. The summed E-state index contributed by atoms with van der Waals surface area (Å²) in [5, 5.41) is 4.82. The molecule has 0 fully saturated rings. The molecule has 0 spiro atoms. The molecule has 144 valence electrons. The van der Waals surface area contributed by atoms with Gasteiger partial charge in [0.1, 0.15) is 11.5 Å². The summed E-state index contributed by atoms with van der Waals surface area (Å²) >= 11 is 0. The second kappa shape index (κ2) is 8.85. The Morgan fingerprint density at radius 2 is 1.71 bits per heavy atom. The van der Waals surface area contributed by atoms with Crippen LogP contribution in [-0.2, 0) is 0 Å². The van der Waals surface area contributed by atoms with Gasteiger partial charge in [-0.25, -0.2) is 4.39 Å². The van der Waals surface area contributed by atoms with Gasteiger partial charge in [0.05, 0.1) is 12.1 Å². The van der Waals surface area contributed by atoms with Crippen LogP contribution in [0.1, 0.15) is 19.8 Å². The molecule has 1 aromatic carbocycles. The van der Waals surface area contributed by atoms with E-state index < -0.39 is 0 Å². The number of benzene rings is 1. The fraction of sp³-hybridized carbons (Fsp3) is 0.182. The number of nitrogens with zero attached hydrogens (tertiary/aromatic N) is 3. The standard InChI is InChI=1S/C22H20FN3O.ClH/c1-2-3-15-27-20-6-4-5-19-21(16-11-13-24-14-12-16)22(25-26(19)20)17-7-9-18(23)10-8-17;/h4-14H,2-3,15H2,1H3;1H. The van der Waals surface area contributed by atoms with E-state index in [0.29, 0.717) is 12.5 Å². The molecule has 4 rings (SSSR count). The number of hydrogen-bond acceptors (Lipinski definition) is 3. The molecule has 0 aliphatic carbocycles. The minimum absolute atomic E-state index is 0. The van der Waals surface area contributed by atoms with Crippen molar-refractivity contribution in [2.75, 3.05) is 6.61 Å². The first-order valence-corrected chi connectivity index (χ1v) is 9.09. The molecule has 0 N–H and O–H groups in total. The molecule has 0 bridgehead atoms. The van der Waals surface area contributed by atoms with E-state index in [1.54, 1.807) is 24.5 Å². The fourth-order valence-electron chi connectivity index (χ4n) is 3.09. The molecule has 4 nitrogen and oxygen atoms in total. The highest BCUT2D eigenvalue weighted by Crippen LogP contribution is 2.36. The van der Waals surface area contributed by atoms with E-state index in [9.17, 15) is 4.39 Å². The molecule has 0 saturated heterocycles. The van der Waals surface area contributed by atoms with Crippen LogP contribution in [0.3, 0.4) is 0 Å². The molecule has 0 atom stereocenters. The summed E-state index contributed by atoms with van der Waals surface area (Å²) in [6.07, 6.45) is 5.57. The van der Waals surface area contributed by atoms with Gasteiger partial charge in [-0.2, -0.15) is 9.61 Å². The van der Waals surface area contributed by atoms with Crippen molar-refractivity contribution in [3.63, 3.8) is 0 Å². The minimum Gasteiger partial charge on any atom is -0.478 e. The SMILES string of the molecule is CCCCOc1cccc2c(-c3ccncc3)c(-c3ccc(F)cc3)nn12.Cl. The topological polar surface area (TPSA) is 39.4 Å². The van der Waals surface area contributed by atoms with Crippen molar-refractivity contribution >= 4 is 17.9 Å². The van der Waals surface area contributed by atoms with E-state index in [4.69, 9.17) is 9.84 Å². The lowest BCUT2D eigenvalue weighted by Crippen LogP contribution is -2.02. The van der Waals surface area contributed by atoms with Crippen molar-refractivity contribution < 1.29 is 9.13 Å². The van der Waals surface area contributed by atoms with E-state index in [-0.39, 0.29) is 18.2 Å². The first-order chi connectivity index (χ1) is 13.3. The first-order valence-electron chi connectivity index (χ1n) is 9.09. The number of pyridine rings is 2. The summed E-state index contributed by atoms with van der Waals surface area (Å²) in [6.45, 7) is 2.78. The first kappa shape index (κ1) is 19.8. The zero-order chi connectivity index (χ0) is 18.6. The van der Waals surface area contributed by atoms with Crippen LogP contribution in [0.2, 0.25) is 0 Å². The molecule has 0 unspecified atom stereocenters. The van der Waals surface area contributed by atoms with Crippen LogP contribution in [0.5, 0.6) is 5.88 Å². The van der Waals surface area contributed by atoms with Crippen LogP contribution in [-0.4, -0.2) is 21.2 Å². The molecule has 0 saturated carbocycles. The van der Waals surface area contributed by atoms with Crippen molar-refractivity contribution in [1.29, 1.82) is 0 Å². The monoisotopic (exact) mass is 397 g/mol. The highest BCUT2D eigenvalue weighted by molar-refractivity contribution is 5.92. The van der Waals surface area contributed by atoms with Gasteiger partial charge in [0.2, 0.25) is 5.88 Å². The van der Waals surface area contributed by atoms with Gasteiger partial charge in [-0.05, 0) is 54.4 Å². The largest absolute Gasteiger partial charge is 0.478 e. The van der Waals surface area contributed by atoms with Gasteiger partial charge in [0, 0.05) is 29.6 Å². The van der Waals surface area contributed by atoms with Crippen molar-refractivity contribution in [2.24, 2.45) is 0 Å². The number of unbranched alkanes of at least 4 members (excludes halogenated alkanes) is 1. The third kappa shape index (κ3) is 3.85. The summed E-state index contributed by atoms with van der Waals surface area (Å²) in [5.41, 5.74) is 4.56. The maximum Gasteiger partial charge on any atom is 0.214 e. The third-order valence-corrected chi connectivity index (χ3v) is 4.46. The van der Waals surface area contributed by atoms with Crippen molar-refractivity contribution in [1.82, 2.24) is 14.6 Å². The number of rotatable bonds is 6. The predicted octanol–water partition coefficient (Wildman–Crippen LogP) is 5.80. The predicted molar refractivity (Wildman–Crippen MR) is 111 cm³/mol. The van der Waals surface area contributed by atoms with Crippen molar-refractivity contribution in [3.05, 3.63) is 72.8 Å². The quantitative estimate of drug-likeness (QED) is 0.386. The van der Waals surface area contributed by atoms with Crippen LogP contribution in [0.15, 0.2) is 67.0 Å². The average molecular weight is 398 g/mol. The van der Waals surface area contributed by atoms with Crippen LogP contribution in [0, 0.1) is 5.82 Å². The minimum atomic E-state index is -0.267. The average Bonchev–Trinajstić information content (AvgIpc) is 3.10. The molecule has 3 aromatic heterocycles. The molecule has 4 aromatic rings. The van der Waals surface area contributed by atoms with E-state index in [1.165, 1.54) is 12.1 Å². The van der Waals surface area contributed by atoms with E-state index >= 15 is 0 Å². The Hall–Kier alpha value is -2.92. The lowest BCUT2D eigenvalue weighted by atomic mass is 10.0. The lowest BCUT2D eigenvalue weighted by molar-refractivity contribution is 0.290. The Morgan fingerprint density at radius 1 is 0.964 bits per heavy atom. The molecule has 3 heterocycles. The normalized spacial score (nSPS) is 10.6. The Bertz CT molecular complexity index is 1050. The van der Waals surface area contributed by atoms with Crippen LogP contribution >= 0.6 is 12.4 Å². The van der Waals surface area contributed by atoms with Crippen LogP contribution in [0.25, 0.3) is 27.9 Å². The van der Waals surface area contributed by atoms with Gasteiger partial charge in [-0.3, -0.25) is 4.98 Å². The Labute approximate surface area is 169 Å². The lowest BCUT2D eigenvalue weighted by Gasteiger charge is -2.07. The molecule has 0 aliphatic heterocycles. The van der Waals surface area contributed by atoms with Gasteiger partial charge in [0.15, 0.2) is 0 Å². The molecular formula is C22H21ClFN3O. The Balaban J connectivity index is 0.00000225. The number of halogens is 2. The second-order valence-corrected chi connectivity index (χ2v) is 6.33. The van der Waals surface area contributed by atoms with Crippen molar-refractivity contribution in [2.45, 2.75) is 19.8 Å². The van der Waals surface area contributed by atoms with Gasteiger partial charge in [0.25, 0.3) is 0 Å². The summed E-state index contributed by atoms with van der Waals surface area (Å²) in [4.78, 5) is 4.12. The third-order valence-electron chi connectivity index (χ3n) is 4.46. The summed E-state index contributed by atoms with van der Waals surface area (Å²) in [5.74, 6) is 0.432. The maximum absolute atomic E-state index is 13.4. The molecule has 0 radical (unpaired) electrons. The zero-order valence-corrected chi connectivity index (χ0v) is 16.3. The molecular weight excluding hydrogens is 377 g/mol. The van der Waals surface area contributed by atoms with Crippen LogP contribution < -0.4 is 4.74 Å². The number of hydrogen-bond donors (Lipinski definition) is 0. The van der Waals surface area contributed by atoms with E-state index in [1.807, 2.05) is 34.8 Å². The highest BCUT2D eigenvalue weighted by Gasteiger charge is 2.18. The maximum atomic E-state index is 13.4. The Kier molecular flexibility index (Phi) is 6.26. The summed E-state index contributed by atoms with van der Waals surface area (Å²) in [7, 11) is 0. The summed E-state index contributed by atoms with van der Waals surface area (Å²) < 4.78 is 21.2. The Morgan fingerprint density at radius 3 is 2.43 bits per heavy atom. The summed E-state index contributed by atoms with van der Waals surface area (Å²) in [6, 6.07) is 16.2. The second-order valence-electron chi connectivity index (χ2n) is 6.33. The zero-order valence-electron chi connectivity index (χ0n) is 15.5. The number of ether oxygens (including phenoxy) is 1. The van der Waals surface area contributed by atoms with Gasteiger partial charge >= 0.3 is 0 Å². The van der Waals surface area contributed by atoms with Crippen LogP contribution in [0.4, 0.5) is 4.39 Å². The van der Waals surface area contributed by atoms with Gasteiger partial charge < -0.3 is 4.74 Å². The van der Waals surface area contributed by atoms with E-state index in [0.717, 1.165) is 40.7 Å². The number of fused-ring (bicyclic) bond motifs is 1. The molecule has 6 heteroatoms.